The van der Waals surface area contributed by atoms with Gasteiger partial charge in [-0.3, -0.25) is 9.59 Å². The van der Waals surface area contributed by atoms with E-state index in [1.807, 2.05) is 0 Å². The molecule has 0 unspecified atom stereocenters. The predicted octanol–water partition coefficient (Wildman–Crippen LogP) is 1.17. The first-order valence-corrected chi connectivity index (χ1v) is 4.03. The number of rotatable bonds is 3. The van der Waals surface area contributed by atoms with Gasteiger partial charge < -0.3 is 5.32 Å². The highest BCUT2D eigenvalue weighted by molar-refractivity contribution is 6.22. The Labute approximate surface area is 81.7 Å². The van der Waals surface area contributed by atoms with E-state index in [4.69, 9.17) is 0 Å². The van der Waals surface area contributed by atoms with E-state index >= 15 is 0 Å². The van der Waals surface area contributed by atoms with Crippen LogP contribution in [-0.2, 0) is 9.59 Å². The Hall–Kier alpha value is -1.97. The molecule has 0 saturated heterocycles. The summed E-state index contributed by atoms with van der Waals surface area (Å²) >= 11 is 0. The van der Waals surface area contributed by atoms with Crippen molar-refractivity contribution in [1.29, 1.82) is 0 Å². The van der Waals surface area contributed by atoms with E-state index in [0.717, 1.165) is 0 Å². The Bertz CT molecular complexity index is 371. The molecule has 0 radical (unpaired) electrons. The van der Waals surface area contributed by atoms with E-state index in [2.05, 4.69) is 16.9 Å². The summed E-state index contributed by atoms with van der Waals surface area (Å²) in [6, 6.07) is 5.10. The number of ketones is 1. The van der Waals surface area contributed by atoms with Crippen LogP contribution in [-0.4, -0.2) is 16.7 Å². The van der Waals surface area contributed by atoms with E-state index in [0.29, 0.717) is 5.82 Å². The number of nitrogens with zero attached hydrogens (tertiary/aromatic N) is 1. The number of hydrogen-bond donors (Lipinski definition) is 1. The molecule has 0 aromatic carbocycles. The average molecular weight is 190 g/mol. The highest BCUT2D eigenvalue weighted by atomic mass is 16.2. The second-order valence-electron chi connectivity index (χ2n) is 2.70. The zero-order chi connectivity index (χ0) is 10.6. The maximum Gasteiger partial charge on any atom is 0.259 e. The second-order valence-corrected chi connectivity index (χ2v) is 2.70. The Morgan fingerprint density at radius 3 is 2.64 bits per heavy atom. The molecule has 1 rings (SSSR count). The van der Waals surface area contributed by atoms with Crippen LogP contribution in [0.1, 0.15) is 6.92 Å². The number of aromatic nitrogens is 1. The van der Waals surface area contributed by atoms with Crippen molar-refractivity contribution in [1.82, 2.24) is 4.98 Å². The van der Waals surface area contributed by atoms with Crippen molar-refractivity contribution >= 4 is 17.5 Å². The molecule has 0 aliphatic heterocycles. The van der Waals surface area contributed by atoms with Gasteiger partial charge in [0.2, 0.25) is 0 Å². The molecule has 1 heterocycles. The fraction of sp³-hybridized carbons (Fsp3) is 0.100. The molecule has 4 nitrogen and oxygen atoms in total. The molecule has 1 N–H and O–H groups in total. The summed E-state index contributed by atoms with van der Waals surface area (Å²) < 4.78 is 0. The Kier molecular flexibility index (Phi) is 3.12. The van der Waals surface area contributed by atoms with Crippen LogP contribution in [0, 0.1) is 0 Å². The van der Waals surface area contributed by atoms with Crippen LogP contribution >= 0.6 is 0 Å². The van der Waals surface area contributed by atoms with Crippen LogP contribution in [0.25, 0.3) is 0 Å². The molecule has 72 valence electrons. The van der Waals surface area contributed by atoms with Crippen LogP contribution in [0.15, 0.2) is 36.5 Å². The predicted molar refractivity (Wildman–Crippen MR) is 52.7 cm³/mol. The molecule has 0 fully saturated rings. The molecule has 0 spiro atoms. The Morgan fingerprint density at radius 2 is 2.14 bits per heavy atom. The number of carbonyl (C=O) groups is 2. The largest absolute Gasteiger partial charge is 0.306 e. The first-order valence-electron chi connectivity index (χ1n) is 4.03. The minimum Gasteiger partial charge on any atom is -0.306 e. The van der Waals surface area contributed by atoms with Gasteiger partial charge in [0, 0.05) is 6.20 Å². The summed E-state index contributed by atoms with van der Waals surface area (Å²) in [6.07, 6.45) is 1.55. The number of Topliss-reactive ketones (excluding diaryl/α,β-unsaturated/α-hetero) is 1. The average Bonchev–Trinajstić information content (AvgIpc) is 2.18. The van der Waals surface area contributed by atoms with Gasteiger partial charge in [0.05, 0.1) is 5.57 Å². The molecule has 1 aromatic rings. The quantitative estimate of drug-likeness (QED) is 0.442. The lowest BCUT2D eigenvalue weighted by Gasteiger charge is -2.03. The van der Waals surface area contributed by atoms with Crippen LogP contribution in [0.3, 0.4) is 0 Å². The van der Waals surface area contributed by atoms with Crippen molar-refractivity contribution in [2.45, 2.75) is 6.92 Å². The molecular formula is C10H10N2O2. The number of nitrogens with one attached hydrogen (secondary N) is 1. The minimum absolute atomic E-state index is 0.0735. The fourth-order valence-electron chi connectivity index (χ4n) is 0.788. The van der Waals surface area contributed by atoms with Crippen LogP contribution in [0.5, 0.6) is 0 Å². The molecule has 0 bridgehead atoms. The molecule has 1 aromatic heterocycles. The van der Waals surface area contributed by atoms with Crippen molar-refractivity contribution in [3.05, 3.63) is 36.5 Å². The molecule has 0 saturated carbocycles. The van der Waals surface area contributed by atoms with Crippen molar-refractivity contribution < 1.29 is 9.59 Å². The van der Waals surface area contributed by atoms with Crippen molar-refractivity contribution in [3.63, 3.8) is 0 Å². The summed E-state index contributed by atoms with van der Waals surface area (Å²) in [6.45, 7) is 4.65. The van der Waals surface area contributed by atoms with Gasteiger partial charge in [0.1, 0.15) is 5.82 Å². The number of carbonyl (C=O) groups excluding carboxylic acids is 2. The van der Waals surface area contributed by atoms with Gasteiger partial charge in [-0.2, -0.15) is 0 Å². The van der Waals surface area contributed by atoms with Crippen molar-refractivity contribution in [3.8, 4) is 0 Å². The fourth-order valence-corrected chi connectivity index (χ4v) is 0.788. The summed E-state index contributed by atoms with van der Waals surface area (Å²) in [5, 5.41) is 2.45. The van der Waals surface area contributed by atoms with E-state index in [9.17, 15) is 9.59 Å². The van der Waals surface area contributed by atoms with Crippen molar-refractivity contribution in [2.75, 3.05) is 5.32 Å². The molecule has 1 amide bonds. The smallest absolute Gasteiger partial charge is 0.259 e. The summed E-state index contributed by atoms with van der Waals surface area (Å²) in [5.74, 6) is -0.463. The Morgan fingerprint density at radius 1 is 1.43 bits per heavy atom. The molecule has 4 heteroatoms. The van der Waals surface area contributed by atoms with Gasteiger partial charge in [0.15, 0.2) is 5.78 Å². The summed E-state index contributed by atoms with van der Waals surface area (Å²) in [4.78, 5) is 26.0. The van der Waals surface area contributed by atoms with Gasteiger partial charge in [0.25, 0.3) is 5.91 Å². The van der Waals surface area contributed by atoms with E-state index < -0.39 is 5.91 Å². The van der Waals surface area contributed by atoms with E-state index in [1.54, 1.807) is 24.4 Å². The van der Waals surface area contributed by atoms with Gasteiger partial charge in [-0.15, -0.1) is 0 Å². The summed E-state index contributed by atoms with van der Waals surface area (Å²) in [5.41, 5.74) is -0.0735. The van der Waals surface area contributed by atoms with E-state index in [1.165, 1.54) is 6.92 Å². The maximum absolute atomic E-state index is 11.3. The number of amides is 1. The number of anilines is 1. The minimum atomic E-state index is -0.517. The standard InChI is InChI=1S/C10H10N2O2/c1-7(8(2)13)10(14)12-9-5-3-4-6-11-9/h3-6H,1H2,2H3,(H,11,12,14). The van der Waals surface area contributed by atoms with Gasteiger partial charge in [-0.25, -0.2) is 4.98 Å². The molecule has 0 aliphatic rings. The second kappa shape index (κ2) is 4.32. The molecular weight excluding hydrogens is 180 g/mol. The first kappa shape index (κ1) is 10.1. The highest BCUT2D eigenvalue weighted by Crippen LogP contribution is 2.02. The number of pyridine rings is 1. The third kappa shape index (κ3) is 2.52. The van der Waals surface area contributed by atoms with Gasteiger partial charge in [-0.1, -0.05) is 12.6 Å². The van der Waals surface area contributed by atoms with Gasteiger partial charge >= 0.3 is 0 Å². The molecule has 0 aliphatic carbocycles. The summed E-state index contributed by atoms with van der Waals surface area (Å²) in [7, 11) is 0. The lowest BCUT2D eigenvalue weighted by molar-refractivity contribution is -0.118. The molecule has 14 heavy (non-hydrogen) atoms. The SMILES string of the molecule is C=C(C(C)=O)C(=O)Nc1ccccn1. The topological polar surface area (TPSA) is 59.1 Å². The lowest BCUT2D eigenvalue weighted by Crippen LogP contribution is -2.18. The third-order valence-electron chi connectivity index (χ3n) is 1.61. The van der Waals surface area contributed by atoms with Gasteiger partial charge in [-0.05, 0) is 19.1 Å². The number of hydrogen-bond acceptors (Lipinski definition) is 3. The maximum atomic E-state index is 11.3. The van der Waals surface area contributed by atoms with Crippen molar-refractivity contribution in [2.24, 2.45) is 0 Å². The normalized spacial score (nSPS) is 9.21. The lowest BCUT2D eigenvalue weighted by atomic mass is 10.2. The zero-order valence-corrected chi connectivity index (χ0v) is 7.78. The van der Waals surface area contributed by atoms with Crippen LogP contribution in [0.2, 0.25) is 0 Å². The third-order valence-corrected chi connectivity index (χ3v) is 1.61. The van der Waals surface area contributed by atoms with E-state index in [-0.39, 0.29) is 11.4 Å². The monoisotopic (exact) mass is 190 g/mol. The molecule has 0 atom stereocenters. The first-order chi connectivity index (χ1) is 6.61. The van der Waals surface area contributed by atoms with Crippen LogP contribution in [0.4, 0.5) is 5.82 Å². The Balaban J connectivity index is 2.67. The van der Waals surface area contributed by atoms with Crippen LogP contribution < -0.4 is 5.32 Å². The highest BCUT2D eigenvalue weighted by Gasteiger charge is 2.11. The zero-order valence-electron chi connectivity index (χ0n) is 7.78.